The van der Waals surface area contributed by atoms with Crippen LogP contribution in [0.25, 0.3) is 0 Å². The number of hydrogen-bond donors (Lipinski definition) is 0. The SMILES string of the molecule is CCCCCCCCCOCn1cc[n+](COCCCCCCCCC)c1. The standard InChI is InChI=1S/C23H45N2O2/c1-3-5-7-9-11-13-15-19-26-22-24-17-18-25(21-24)23-27-20-16-14-12-10-8-6-4-2/h17-18,21H,3-16,19-20,22-23H2,1-2H3/q+1. The van der Waals surface area contributed by atoms with Gasteiger partial charge in [0.25, 0.3) is 0 Å². The number of imidazole rings is 1. The van der Waals surface area contributed by atoms with Crippen LogP contribution in [0.5, 0.6) is 0 Å². The van der Waals surface area contributed by atoms with Crippen LogP contribution in [0.1, 0.15) is 104 Å². The first kappa shape index (κ1) is 24.2. The molecule has 0 aliphatic heterocycles. The highest BCUT2D eigenvalue weighted by Crippen LogP contribution is 2.07. The molecule has 1 aromatic heterocycles. The number of rotatable bonds is 20. The lowest BCUT2D eigenvalue weighted by Gasteiger charge is -2.03. The van der Waals surface area contributed by atoms with Crippen LogP contribution >= 0.6 is 0 Å². The van der Waals surface area contributed by atoms with Crippen molar-refractivity contribution < 1.29 is 14.0 Å². The van der Waals surface area contributed by atoms with E-state index in [1.54, 1.807) is 0 Å². The Balaban J connectivity index is 1.90. The second-order valence-electron chi connectivity index (χ2n) is 7.76. The first-order valence-electron chi connectivity index (χ1n) is 11.6. The van der Waals surface area contributed by atoms with Crippen molar-refractivity contribution in [3.05, 3.63) is 18.7 Å². The topological polar surface area (TPSA) is 27.3 Å². The van der Waals surface area contributed by atoms with Crippen LogP contribution in [0.4, 0.5) is 0 Å². The first-order valence-corrected chi connectivity index (χ1v) is 11.6. The highest BCUT2D eigenvalue weighted by molar-refractivity contribution is 4.63. The van der Waals surface area contributed by atoms with Crippen LogP contribution in [-0.4, -0.2) is 17.8 Å². The molecule has 0 bridgehead atoms. The molecule has 0 fully saturated rings. The monoisotopic (exact) mass is 381 g/mol. The fourth-order valence-corrected chi connectivity index (χ4v) is 3.25. The van der Waals surface area contributed by atoms with E-state index >= 15 is 0 Å². The molecule has 158 valence electrons. The summed E-state index contributed by atoms with van der Waals surface area (Å²) < 4.78 is 15.7. The Morgan fingerprint density at radius 3 is 1.78 bits per heavy atom. The molecule has 0 aromatic carbocycles. The van der Waals surface area contributed by atoms with Gasteiger partial charge in [0.2, 0.25) is 6.33 Å². The summed E-state index contributed by atoms with van der Waals surface area (Å²) in [6, 6.07) is 0. The third kappa shape index (κ3) is 14.8. The number of unbranched alkanes of at least 4 members (excludes halogenated alkanes) is 12. The third-order valence-corrected chi connectivity index (χ3v) is 5.01. The number of ether oxygens (including phenoxy) is 2. The molecular weight excluding hydrogens is 336 g/mol. The van der Waals surface area contributed by atoms with Crippen LogP contribution in [0.15, 0.2) is 18.7 Å². The number of aromatic nitrogens is 2. The quantitative estimate of drug-likeness (QED) is 0.198. The first-order chi connectivity index (χ1) is 13.4. The molecule has 0 aliphatic rings. The minimum absolute atomic E-state index is 0.639. The fraction of sp³-hybridized carbons (Fsp3) is 0.870. The summed E-state index contributed by atoms with van der Waals surface area (Å²) in [5.41, 5.74) is 0. The molecule has 0 N–H and O–H groups in total. The molecule has 0 atom stereocenters. The maximum Gasteiger partial charge on any atom is 0.247 e. The van der Waals surface area contributed by atoms with E-state index in [-0.39, 0.29) is 0 Å². The Hall–Kier alpha value is -0.870. The van der Waals surface area contributed by atoms with Gasteiger partial charge in [-0.25, -0.2) is 9.13 Å². The summed E-state index contributed by atoms with van der Waals surface area (Å²) in [6.45, 7) is 7.53. The molecule has 0 unspecified atom stereocenters. The van der Waals surface area contributed by atoms with Crippen molar-refractivity contribution in [2.45, 2.75) is 117 Å². The van der Waals surface area contributed by atoms with Crippen molar-refractivity contribution in [2.24, 2.45) is 0 Å². The zero-order valence-electron chi connectivity index (χ0n) is 18.2. The molecule has 0 radical (unpaired) electrons. The van der Waals surface area contributed by atoms with Crippen LogP contribution in [-0.2, 0) is 22.9 Å². The van der Waals surface area contributed by atoms with Crippen LogP contribution in [0.3, 0.4) is 0 Å². The lowest BCUT2D eigenvalue weighted by atomic mass is 10.1. The molecule has 0 saturated heterocycles. The van der Waals surface area contributed by atoms with E-state index in [2.05, 4.69) is 41.7 Å². The predicted molar refractivity (Wildman–Crippen MR) is 113 cm³/mol. The molecule has 1 heterocycles. The Bertz CT molecular complexity index is 384. The second-order valence-corrected chi connectivity index (χ2v) is 7.76. The normalized spacial score (nSPS) is 11.3. The van der Waals surface area contributed by atoms with E-state index in [0.717, 1.165) is 13.2 Å². The van der Waals surface area contributed by atoms with Gasteiger partial charge in [0, 0.05) is 0 Å². The summed E-state index contributed by atoms with van der Waals surface area (Å²) in [4.78, 5) is 0. The Morgan fingerprint density at radius 2 is 1.19 bits per heavy atom. The Labute approximate surface area is 168 Å². The molecule has 27 heavy (non-hydrogen) atoms. The van der Waals surface area contributed by atoms with Crippen molar-refractivity contribution in [3.63, 3.8) is 0 Å². The van der Waals surface area contributed by atoms with E-state index < -0.39 is 0 Å². The average molecular weight is 382 g/mol. The number of nitrogens with zero attached hydrogens (tertiary/aromatic N) is 2. The van der Waals surface area contributed by atoms with Gasteiger partial charge < -0.3 is 9.47 Å². The highest BCUT2D eigenvalue weighted by Gasteiger charge is 2.03. The lowest BCUT2D eigenvalue weighted by molar-refractivity contribution is -0.732. The molecule has 1 aromatic rings. The highest BCUT2D eigenvalue weighted by atomic mass is 16.5. The molecule has 0 aliphatic carbocycles. The minimum Gasteiger partial charge on any atom is -0.342 e. The van der Waals surface area contributed by atoms with E-state index in [1.807, 2.05) is 0 Å². The van der Waals surface area contributed by atoms with Crippen LogP contribution in [0, 0.1) is 0 Å². The summed E-state index contributed by atoms with van der Waals surface area (Å²) in [7, 11) is 0. The maximum atomic E-state index is 5.77. The van der Waals surface area contributed by atoms with Gasteiger partial charge in [0.1, 0.15) is 12.4 Å². The van der Waals surface area contributed by atoms with E-state index in [1.165, 1.54) is 89.9 Å². The second kappa shape index (κ2) is 18.5. The van der Waals surface area contributed by atoms with Gasteiger partial charge in [0.15, 0.2) is 13.5 Å². The molecule has 1 rings (SSSR count). The summed E-state index contributed by atoms with van der Waals surface area (Å²) in [5, 5.41) is 0. The maximum absolute atomic E-state index is 5.77. The van der Waals surface area contributed by atoms with Gasteiger partial charge in [-0.3, -0.25) is 0 Å². The van der Waals surface area contributed by atoms with E-state index in [9.17, 15) is 0 Å². The Kier molecular flexibility index (Phi) is 16.6. The summed E-state index contributed by atoms with van der Waals surface area (Å²) in [6.07, 6.45) is 24.8. The molecule has 0 saturated carbocycles. The van der Waals surface area contributed by atoms with Gasteiger partial charge in [-0.05, 0) is 12.8 Å². The smallest absolute Gasteiger partial charge is 0.247 e. The Morgan fingerprint density at radius 1 is 0.667 bits per heavy atom. The zero-order chi connectivity index (χ0) is 19.4. The minimum atomic E-state index is 0.639. The van der Waals surface area contributed by atoms with Gasteiger partial charge in [0.05, 0.1) is 13.2 Å². The molecule has 4 nitrogen and oxygen atoms in total. The van der Waals surface area contributed by atoms with Crippen molar-refractivity contribution >= 4 is 0 Å². The van der Waals surface area contributed by atoms with Gasteiger partial charge in [-0.1, -0.05) is 90.9 Å². The average Bonchev–Trinajstić information content (AvgIpc) is 3.13. The molecular formula is C23H45N2O2+. The predicted octanol–water partition coefficient (Wildman–Crippen LogP) is 6.23. The molecule has 4 heteroatoms. The van der Waals surface area contributed by atoms with Crippen molar-refractivity contribution in [1.29, 1.82) is 0 Å². The van der Waals surface area contributed by atoms with Crippen molar-refractivity contribution in [3.8, 4) is 0 Å². The number of hydrogen-bond acceptors (Lipinski definition) is 2. The van der Waals surface area contributed by atoms with Gasteiger partial charge >= 0.3 is 0 Å². The zero-order valence-corrected chi connectivity index (χ0v) is 18.2. The van der Waals surface area contributed by atoms with Crippen LogP contribution < -0.4 is 4.57 Å². The summed E-state index contributed by atoms with van der Waals surface area (Å²) in [5.74, 6) is 0. The third-order valence-electron chi connectivity index (χ3n) is 5.01. The molecule has 0 amide bonds. The van der Waals surface area contributed by atoms with Crippen LogP contribution in [0.2, 0.25) is 0 Å². The van der Waals surface area contributed by atoms with Crippen molar-refractivity contribution in [2.75, 3.05) is 13.2 Å². The summed E-state index contributed by atoms with van der Waals surface area (Å²) >= 11 is 0. The van der Waals surface area contributed by atoms with E-state index in [0.29, 0.717) is 13.5 Å². The molecule has 0 spiro atoms. The largest absolute Gasteiger partial charge is 0.342 e. The van der Waals surface area contributed by atoms with Gasteiger partial charge in [-0.2, -0.15) is 0 Å². The van der Waals surface area contributed by atoms with Gasteiger partial charge in [-0.15, -0.1) is 0 Å². The lowest BCUT2D eigenvalue weighted by Crippen LogP contribution is -2.32. The van der Waals surface area contributed by atoms with E-state index in [4.69, 9.17) is 9.47 Å². The van der Waals surface area contributed by atoms with Crippen molar-refractivity contribution in [1.82, 2.24) is 4.57 Å². The fourth-order valence-electron chi connectivity index (χ4n) is 3.25.